The summed E-state index contributed by atoms with van der Waals surface area (Å²) in [5, 5.41) is 12.8. The van der Waals surface area contributed by atoms with E-state index >= 15 is 0 Å². The molecule has 1 saturated carbocycles. The van der Waals surface area contributed by atoms with Gasteiger partial charge in [-0.1, -0.05) is 18.2 Å². The number of anilines is 1. The van der Waals surface area contributed by atoms with Crippen LogP contribution in [0.4, 0.5) is 5.82 Å². The molecule has 0 spiro atoms. The number of aldehydes is 1. The van der Waals surface area contributed by atoms with E-state index in [1.54, 1.807) is 12.3 Å². The van der Waals surface area contributed by atoms with Gasteiger partial charge in [0.1, 0.15) is 17.1 Å². The van der Waals surface area contributed by atoms with Crippen molar-refractivity contribution in [3.05, 3.63) is 95.3 Å². The predicted octanol–water partition coefficient (Wildman–Crippen LogP) is 4.32. The number of pyridine rings is 2. The van der Waals surface area contributed by atoms with E-state index in [0.29, 0.717) is 36.0 Å². The summed E-state index contributed by atoms with van der Waals surface area (Å²) >= 11 is 0. The highest BCUT2D eigenvalue weighted by Gasteiger charge is 2.26. The van der Waals surface area contributed by atoms with Crippen LogP contribution in [0.5, 0.6) is 5.75 Å². The number of imidazole rings is 1. The fourth-order valence-corrected chi connectivity index (χ4v) is 4.62. The summed E-state index contributed by atoms with van der Waals surface area (Å²) in [6.07, 6.45) is 4.63. The molecule has 6 rings (SSSR count). The van der Waals surface area contributed by atoms with Crippen LogP contribution in [0.15, 0.2) is 72.9 Å². The summed E-state index contributed by atoms with van der Waals surface area (Å²) in [7, 11) is 0. The van der Waals surface area contributed by atoms with Crippen molar-refractivity contribution in [1.82, 2.24) is 24.8 Å². The number of hydrogen-bond donors (Lipinski definition) is 3. The third-order valence-electron chi connectivity index (χ3n) is 6.87. The van der Waals surface area contributed by atoms with E-state index in [4.69, 9.17) is 15.7 Å². The molecule has 3 aromatic heterocycles. The van der Waals surface area contributed by atoms with Crippen molar-refractivity contribution in [1.29, 1.82) is 0 Å². The summed E-state index contributed by atoms with van der Waals surface area (Å²) in [5.41, 5.74) is 12.2. The molecule has 1 amide bonds. The molecule has 2 aromatic carbocycles. The van der Waals surface area contributed by atoms with Crippen molar-refractivity contribution >= 4 is 29.2 Å². The lowest BCUT2D eigenvalue weighted by Crippen LogP contribution is -2.24. The molecule has 5 aromatic rings. The Morgan fingerprint density at radius 3 is 2.56 bits per heavy atom. The molecule has 0 aliphatic heterocycles. The Labute approximate surface area is 224 Å². The second-order valence-electron chi connectivity index (χ2n) is 9.69. The number of carbonyl (C=O) groups excluding carboxylic acids is 2. The van der Waals surface area contributed by atoms with Crippen LogP contribution in [0, 0.1) is 0 Å². The number of phenols is 1. The number of nitrogens with zero attached hydrogens (tertiary/aromatic N) is 4. The largest absolute Gasteiger partial charge is 0.507 e. The zero-order valence-electron chi connectivity index (χ0n) is 21.0. The maximum atomic E-state index is 12.5. The van der Waals surface area contributed by atoms with Gasteiger partial charge in [0.05, 0.1) is 17.5 Å². The standard InChI is InChI=1S/C30H26N6O3/c31-28-23(2-1-13-32-28)29-35-25-12-11-24(20-7-8-20)34-30(25)36(29)22-9-4-18(5-10-22)16-33-27(39)15-19-3-6-21(17-37)26(38)14-19/h1-6,9-14,17,20,38H,7-8,15-16H2,(H2,31,32)(H,33,39). The molecular weight excluding hydrogens is 492 g/mol. The maximum Gasteiger partial charge on any atom is 0.224 e. The topological polar surface area (TPSA) is 136 Å². The van der Waals surface area contributed by atoms with Gasteiger partial charge in [0.2, 0.25) is 5.91 Å². The molecule has 39 heavy (non-hydrogen) atoms. The highest BCUT2D eigenvalue weighted by atomic mass is 16.3. The van der Waals surface area contributed by atoms with E-state index in [-0.39, 0.29) is 23.6 Å². The molecule has 0 saturated heterocycles. The molecule has 0 unspecified atom stereocenters. The molecule has 1 aliphatic carbocycles. The number of phenolic OH excluding ortho intramolecular Hbond substituents is 1. The molecule has 1 aliphatic rings. The predicted molar refractivity (Wildman–Crippen MR) is 148 cm³/mol. The first-order chi connectivity index (χ1) is 19.0. The lowest BCUT2D eigenvalue weighted by molar-refractivity contribution is -0.120. The number of aromatic hydroxyl groups is 1. The second kappa shape index (κ2) is 10.0. The lowest BCUT2D eigenvalue weighted by Gasteiger charge is -2.12. The monoisotopic (exact) mass is 518 g/mol. The van der Waals surface area contributed by atoms with Gasteiger partial charge in [0.25, 0.3) is 0 Å². The van der Waals surface area contributed by atoms with E-state index in [1.807, 2.05) is 47.0 Å². The van der Waals surface area contributed by atoms with Crippen LogP contribution in [-0.4, -0.2) is 36.8 Å². The zero-order chi connectivity index (χ0) is 26.9. The first-order valence-electron chi connectivity index (χ1n) is 12.7. The van der Waals surface area contributed by atoms with E-state index < -0.39 is 0 Å². The van der Waals surface area contributed by atoms with Crippen LogP contribution < -0.4 is 11.1 Å². The fourth-order valence-electron chi connectivity index (χ4n) is 4.62. The Morgan fingerprint density at radius 1 is 1.05 bits per heavy atom. The molecule has 1 fully saturated rings. The molecule has 9 heteroatoms. The van der Waals surface area contributed by atoms with Crippen molar-refractivity contribution in [3.8, 4) is 22.8 Å². The average molecular weight is 519 g/mol. The first-order valence-corrected chi connectivity index (χ1v) is 12.7. The molecule has 194 valence electrons. The van der Waals surface area contributed by atoms with E-state index in [2.05, 4.69) is 16.4 Å². The van der Waals surface area contributed by atoms with Crippen LogP contribution in [0.25, 0.3) is 28.2 Å². The van der Waals surface area contributed by atoms with Gasteiger partial charge in [0.15, 0.2) is 17.8 Å². The van der Waals surface area contributed by atoms with Crippen LogP contribution >= 0.6 is 0 Å². The molecular formula is C30H26N6O3. The van der Waals surface area contributed by atoms with Gasteiger partial charge < -0.3 is 16.2 Å². The van der Waals surface area contributed by atoms with Gasteiger partial charge in [-0.2, -0.15) is 0 Å². The van der Waals surface area contributed by atoms with Crippen molar-refractivity contribution in [3.63, 3.8) is 0 Å². The Morgan fingerprint density at radius 2 is 1.85 bits per heavy atom. The number of benzene rings is 2. The average Bonchev–Trinajstić information content (AvgIpc) is 3.73. The number of nitrogens with two attached hydrogens (primary N) is 1. The lowest BCUT2D eigenvalue weighted by atomic mass is 10.1. The Bertz CT molecular complexity index is 1710. The highest BCUT2D eigenvalue weighted by Crippen LogP contribution is 2.40. The molecule has 0 atom stereocenters. The maximum absolute atomic E-state index is 12.5. The van der Waals surface area contributed by atoms with E-state index in [1.165, 1.54) is 12.1 Å². The molecule has 0 radical (unpaired) electrons. The van der Waals surface area contributed by atoms with E-state index in [0.717, 1.165) is 46.5 Å². The van der Waals surface area contributed by atoms with Gasteiger partial charge in [-0.15, -0.1) is 0 Å². The van der Waals surface area contributed by atoms with Gasteiger partial charge in [-0.05, 0) is 72.5 Å². The highest BCUT2D eigenvalue weighted by molar-refractivity contribution is 5.83. The summed E-state index contributed by atoms with van der Waals surface area (Å²) in [6.45, 7) is 0.342. The third kappa shape index (κ3) is 4.94. The minimum absolute atomic E-state index is 0.0939. The smallest absolute Gasteiger partial charge is 0.224 e. The summed E-state index contributed by atoms with van der Waals surface area (Å²) in [5.74, 6) is 1.24. The van der Waals surface area contributed by atoms with Crippen molar-refractivity contribution in [2.45, 2.75) is 31.7 Å². The number of carbonyl (C=O) groups is 2. The normalized spacial score (nSPS) is 12.9. The minimum atomic E-state index is -0.191. The van der Waals surface area contributed by atoms with Crippen LogP contribution in [-0.2, 0) is 17.8 Å². The van der Waals surface area contributed by atoms with Gasteiger partial charge in [0, 0.05) is 30.0 Å². The van der Waals surface area contributed by atoms with Crippen molar-refractivity contribution in [2.75, 3.05) is 5.73 Å². The van der Waals surface area contributed by atoms with Crippen LogP contribution in [0.2, 0.25) is 0 Å². The quantitative estimate of drug-likeness (QED) is 0.260. The molecule has 3 heterocycles. The number of hydrogen-bond acceptors (Lipinski definition) is 7. The van der Waals surface area contributed by atoms with E-state index in [9.17, 15) is 14.7 Å². The Kier molecular flexibility index (Phi) is 6.24. The second-order valence-corrected chi connectivity index (χ2v) is 9.69. The minimum Gasteiger partial charge on any atom is -0.507 e. The zero-order valence-corrected chi connectivity index (χ0v) is 21.0. The number of rotatable bonds is 8. The molecule has 9 nitrogen and oxygen atoms in total. The molecule has 0 bridgehead atoms. The number of aromatic nitrogens is 4. The van der Waals surface area contributed by atoms with Gasteiger partial charge in [-0.3, -0.25) is 14.2 Å². The van der Waals surface area contributed by atoms with Crippen LogP contribution in [0.3, 0.4) is 0 Å². The number of fused-ring (bicyclic) bond motifs is 1. The van der Waals surface area contributed by atoms with Gasteiger partial charge >= 0.3 is 0 Å². The Hall–Kier alpha value is -5.05. The van der Waals surface area contributed by atoms with Crippen molar-refractivity contribution < 1.29 is 14.7 Å². The number of nitrogens with one attached hydrogen (secondary N) is 1. The van der Waals surface area contributed by atoms with Gasteiger partial charge in [-0.25, -0.2) is 15.0 Å². The summed E-state index contributed by atoms with van der Waals surface area (Å²) in [4.78, 5) is 37.4. The SMILES string of the molecule is Nc1ncccc1-c1nc2ccc(C3CC3)nc2n1-c1ccc(CNC(=O)Cc2ccc(C=O)c(O)c2)cc1. The fraction of sp³-hybridized carbons (Fsp3) is 0.167. The number of amides is 1. The molecule has 4 N–H and O–H groups in total. The van der Waals surface area contributed by atoms with Crippen LogP contribution in [0.1, 0.15) is 45.9 Å². The van der Waals surface area contributed by atoms with Crippen molar-refractivity contribution in [2.24, 2.45) is 0 Å². The summed E-state index contributed by atoms with van der Waals surface area (Å²) < 4.78 is 2.01. The number of nitrogen functional groups attached to an aromatic ring is 1. The third-order valence-corrected chi connectivity index (χ3v) is 6.87. The summed E-state index contributed by atoms with van der Waals surface area (Å²) in [6, 6.07) is 20.2. The first kappa shape index (κ1) is 24.3. The Balaban J connectivity index is 1.25.